The first-order valence-electron chi connectivity index (χ1n) is 13.3. The molecule has 4 rings (SSSR count). The summed E-state index contributed by atoms with van der Waals surface area (Å²) in [5.74, 6) is -1.55. The standard InChI is InChI=1S/C32H33N3O5S/c1-21(36)41-29(18-23-13-7-4-8-14-23)31(38)34-27(17-22-11-5-3-6-12-22)30(37)35-28(32(39)40-2)19-24-20-33-26-16-10-9-15-25(24)26/h3-16,20,27-29,33H,17-19H2,1-2H3,(H,34,38)(H,35,37)/t27-,28-,29-/m0/s1. The molecule has 0 bridgehead atoms. The number of para-hydroxylation sites is 1. The van der Waals surface area contributed by atoms with Crippen molar-refractivity contribution in [2.75, 3.05) is 7.11 Å². The van der Waals surface area contributed by atoms with Crippen molar-refractivity contribution in [2.24, 2.45) is 0 Å². The Morgan fingerprint density at radius 3 is 1.98 bits per heavy atom. The van der Waals surface area contributed by atoms with Crippen molar-refractivity contribution >= 4 is 45.6 Å². The van der Waals surface area contributed by atoms with Gasteiger partial charge in [-0.2, -0.15) is 0 Å². The summed E-state index contributed by atoms with van der Waals surface area (Å²) < 4.78 is 5.01. The van der Waals surface area contributed by atoms with Crippen molar-refractivity contribution in [3.05, 3.63) is 108 Å². The maximum atomic E-state index is 13.7. The monoisotopic (exact) mass is 571 g/mol. The average molecular weight is 572 g/mol. The van der Waals surface area contributed by atoms with E-state index in [2.05, 4.69) is 15.6 Å². The van der Waals surface area contributed by atoms with Crippen LogP contribution in [0.15, 0.2) is 91.1 Å². The molecule has 3 atom stereocenters. The van der Waals surface area contributed by atoms with E-state index in [1.54, 1.807) is 0 Å². The molecule has 4 aromatic rings. The molecule has 0 aliphatic heterocycles. The van der Waals surface area contributed by atoms with Crippen molar-refractivity contribution < 1.29 is 23.9 Å². The van der Waals surface area contributed by atoms with Crippen LogP contribution in [0.25, 0.3) is 10.9 Å². The molecule has 0 fully saturated rings. The second kappa shape index (κ2) is 14.3. The van der Waals surface area contributed by atoms with E-state index in [1.165, 1.54) is 14.0 Å². The third-order valence-corrected chi connectivity index (χ3v) is 7.68. The molecule has 0 aliphatic carbocycles. The van der Waals surface area contributed by atoms with E-state index in [-0.39, 0.29) is 18.0 Å². The lowest BCUT2D eigenvalue weighted by Crippen LogP contribution is -2.54. The van der Waals surface area contributed by atoms with Gasteiger partial charge in [0.15, 0.2) is 5.12 Å². The molecule has 41 heavy (non-hydrogen) atoms. The molecule has 0 aliphatic rings. The Balaban J connectivity index is 1.56. The number of hydrogen-bond acceptors (Lipinski definition) is 6. The summed E-state index contributed by atoms with van der Waals surface area (Å²) in [4.78, 5) is 55.2. The average Bonchev–Trinajstić information content (AvgIpc) is 3.39. The molecule has 0 saturated heterocycles. The van der Waals surface area contributed by atoms with Gasteiger partial charge in [-0.3, -0.25) is 14.4 Å². The minimum Gasteiger partial charge on any atom is -0.467 e. The number of fused-ring (bicyclic) bond motifs is 1. The Morgan fingerprint density at radius 1 is 0.756 bits per heavy atom. The molecule has 9 heteroatoms. The molecule has 1 heterocycles. The Morgan fingerprint density at radius 2 is 1.34 bits per heavy atom. The number of rotatable bonds is 12. The number of hydrogen-bond donors (Lipinski definition) is 3. The van der Waals surface area contributed by atoms with Gasteiger partial charge in [-0.25, -0.2) is 4.79 Å². The summed E-state index contributed by atoms with van der Waals surface area (Å²) >= 11 is 0.929. The van der Waals surface area contributed by atoms with E-state index in [9.17, 15) is 19.2 Å². The second-order valence-corrected chi connectivity index (χ2v) is 11.1. The third kappa shape index (κ3) is 8.31. The van der Waals surface area contributed by atoms with Crippen LogP contribution in [0.1, 0.15) is 23.6 Å². The molecule has 0 radical (unpaired) electrons. The Kier molecular flexibility index (Phi) is 10.3. The number of thioether (sulfide) groups is 1. The van der Waals surface area contributed by atoms with Crippen molar-refractivity contribution in [2.45, 2.75) is 43.5 Å². The molecule has 3 aromatic carbocycles. The minimum absolute atomic E-state index is 0.197. The number of aromatic amines is 1. The van der Waals surface area contributed by atoms with Gasteiger partial charge in [-0.15, -0.1) is 0 Å². The van der Waals surface area contributed by atoms with Crippen LogP contribution >= 0.6 is 11.8 Å². The predicted molar refractivity (Wildman–Crippen MR) is 160 cm³/mol. The van der Waals surface area contributed by atoms with E-state index in [4.69, 9.17) is 4.74 Å². The molecule has 212 valence electrons. The van der Waals surface area contributed by atoms with E-state index < -0.39 is 35.1 Å². The van der Waals surface area contributed by atoms with Gasteiger partial charge in [0.25, 0.3) is 0 Å². The quantitative estimate of drug-likeness (QED) is 0.222. The van der Waals surface area contributed by atoms with E-state index in [1.807, 2.05) is 91.1 Å². The maximum absolute atomic E-state index is 13.7. The number of benzene rings is 3. The van der Waals surface area contributed by atoms with Crippen LogP contribution in [0.4, 0.5) is 0 Å². The topological polar surface area (TPSA) is 117 Å². The summed E-state index contributed by atoms with van der Waals surface area (Å²) in [6.45, 7) is 1.41. The number of amides is 2. The fourth-order valence-electron chi connectivity index (χ4n) is 4.67. The van der Waals surface area contributed by atoms with Crippen molar-refractivity contribution in [3.8, 4) is 0 Å². The summed E-state index contributed by atoms with van der Waals surface area (Å²) in [7, 11) is 1.27. The van der Waals surface area contributed by atoms with Crippen molar-refractivity contribution in [3.63, 3.8) is 0 Å². The number of aromatic nitrogens is 1. The van der Waals surface area contributed by atoms with Crippen molar-refractivity contribution in [1.29, 1.82) is 0 Å². The third-order valence-electron chi connectivity index (χ3n) is 6.68. The first kappa shape index (κ1) is 29.6. The summed E-state index contributed by atoms with van der Waals surface area (Å²) in [5, 5.41) is 5.68. The largest absolute Gasteiger partial charge is 0.467 e. The molecule has 0 spiro atoms. The second-order valence-electron chi connectivity index (χ2n) is 9.69. The zero-order valence-corrected chi connectivity index (χ0v) is 23.8. The molecular formula is C32H33N3O5S. The smallest absolute Gasteiger partial charge is 0.328 e. The SMILES string of the molecule is COC(=O)[C@H](Cc1c[nH]c2ccccc12)NC(=O)[C@H](Cc1ccccc1)NC(=O)[C@H](Cc1ccccc1)SC(C)=O. The van der Waals surface area contributed by atoms with E-state index in [0.29, 0.717) is 6.42 Å². The van der Waals surface area contributed by atoms with Crippen LogP contribution in [0.3, 0.4) is 0 Å². The lowest BCUT2D eigenvalue weighted by atomic mass is 10.0. The maximum Gasteiger partial charge on any atom is 0.328 e. The van der Waals surface area contributed by atoms with Gasteiger partial charge in [0.2, 0.25) is 11.8 Å². The summed E-state index contributed by atoms with van der Waals surface area (Å²) in [6.07, 6.45) is 2.53. The fourth-order valence-corrected chi connectivity index (χ4v) is 5.52. The number of H-pyrrole nitrogens is 1. The first-order chi connectivity index (χ1) is 19.8. The van der Waals surface area contributed by atoms with E-state index >= 15 is 0 Å². The highest BCUT2D eigenvalue weighted by Crippen LogP contribution is 2.21. The number of methoxy groups -OCH3 is 1. The zero-order valence-electron chi connectivity index (χ0n) is 23.0. The normalized spacial score (nSPS) is 13.1. The van der Waals surface area contributed by atoms with Crippen LogP contribution in [0.5, 0.6) is 0 Å². The number of ether oxygens (including phenoxy) is 1. The Hall–Kier alpha value is -4.37. The molecule has 3 N–H and O–H groups in total. The number of esters is 1. The number of carbonyl (C=O) groups is 4. The van der Waals surface area contributed by atoms with Crippen LogP contribution in [0.2, 0.25) is 0 Å². The van der Waals surface area contributed by atoms with Gasteiger partial charge in [-0.05, 0) is 29.2 Å². The van der Waals surface area contributed by atoms with E-state index in [0.717, 1.165) is 39.4 Å². The van der Waals surface area contributed by atoms with Gasteiger partial charge >= 0.3 is 5.97 Å². The van der Waals surface area contributed by atoms with Gasteiger partial charge in [0.05, 0.1) is 12.4 Å². The molecular weight excluding hydrogens is 538 g/mol. The highest BCUT2D eigenvalue weighted by Gasteiger charge is 2.31. The molecule has 1 aromatic heterocycles. The predicted octanol–water partition coefficient (Wildman–Crippen LogP) is 3.99. The van der Waals surface area contributed by atoms with Gasteiger partial charge < -0.3 is 20.4 Å². The molecule has 0 saturated carbocycles. The van der Waals surface area contributed by atoms with Crippen LogP contribution in [-0.2, 0) is 43.2 Å². The van der Waals surface area contributed by atoms with Crippen LogP contribution in [0, 0.1) is 0 Å². The number of nitrogens with one attached hydrogen (secondary N) is 3. The summed E-state index contributed by atoms with van der Waals surface area (Å²) in [6, 6.07) is 24.4. The zero-order chi connectivity index (χ0) is 29.2. The Labute approximate surface area is 243 Å². The van der Waals surface area contributed by atoms with Crippen LogP contribution in [-0.4, -0.2) is 52.3 Å². The van der Waals surface area contributed by atoms with Gasteiger partial charge in [-0.1, -0.05) is 90.6 Å². The highest BCUT2D eigenvalue weighted by molar-refractivity contribution is 8.14. The number of carbonyl (C=O) groups excluding carboxylic acids is 4. The minimum atomic E-state index is -0.995. The van der Waals surface area contributed by atoms with Crippen molar-refractivity contribution in [1.82, 2.24) is 15.6 Å². The molecule has 2 amide bonds. The fraction of sp³-hybridized carbons (Fsp3) is 0.250. The van der Waals surface area contributed by atoms with Gasteiger partial charge in [0, 0.05) is 36.9 Å². The van der Waals surface area contributed by atoms with Gasteiger partial charge in [0.1, 0.15) is 12.1 Å². The lowest BCUT2D eigenvalue weighted by molar-refractivity contribution is -0.145. The first-order valence-corrected chi connectivity index (χ1v) is 14.2. The summed E-state index contributed by atoms with van der Waals surface area (Å²) in [5.41, 5.74) is 3.49. The molecule has 8 nitrogen and oxygen atoms in total. The Bertz CT molecular complexity index is 1490. The lowest BCUT2D eigenvalue weighted by Gasteiger charge is -2.24. The van der Waals surface area contributed by atoms with Crippen LogP contribution < -0.4 is 10.6 Å². The molecule has 0 unspecified atom stereocenters. The highest BCUT2D eigenvalue weighted by atomic mass is 32.2.